The third-order valence-corrected chi connectivity index (χ3v) is 6.50. The Hall–Kier alpha value is -2.31. The number of hydrogen-bond donors (Lipinski definition) is 1. The highest BCUT2D eigenvalue weighted by Crippen LogP contribution is 2.44. The Morgan fingerprint density at radius 2 is 1.66 bits per heavy atom. The molecule has 5 rings (SSSR count). The number of hydrogen-bond acceptors (Lipinski definition) is 4. The number of benzene rings is 2. The molecule has 1 aromatic heterocycles. The molecule has 1 N–H and O–H groups in total. The van der Waals surface area contributed by atoms with E-state index >= 15 is 0 Å². The van der Waals surface area contributed by atoms with Gasteiger partial charge < -0.3 is 15.0 Å². The van der Waals surface area contributed by atoms with Crippen LogP contribution < -0.4 is 5.32 Å². The van der Waals surface area contributed by atoms with Crippen LogP contribution in [0.4, 0.5) is 4.79 Å². The van der Waals surface area contributed by atoms with Crippen molar-refractivity contribution in [3.63, 3.8) is 0 Å². The maximum Gasteiger partial charge on any atom is 0.409 e. The van der Waals surface area contributed by atoms with E-state index in [1.807, 2.05) is 30.3 Å². The monoisotopic (exact) mass is 489 g/mol. The van der Waals surface area contributed by atoms with Crippen molar-refractivity contribution in [3.05, 3.63) is 87.7 Å². The van der Waals surface area contributed by atoms with Gasteiger partial charge in [-0.15, -0.1) is 12.4 Å². The average Bonchev–Trinajstić information content (AvgIpc) is 3.11. The van der Waals surface area contributed by atoms with Gasteiger partial charge in [-0.05, 0) is 28.3 Å². The Bertz CT molecular complexity index is 1100. The van der Waals surface area contributed by atoms with E-state index < -0.39 is 0 Å². The average molecular weight is 491 g/mol. The first-order valence-electron chi connectivity index (χ1n) is 10.3. The van der Waals surface area contributed by atoms with Gasteiger partial charge in [-0.1, -0.05) is 77.8 Å². The van der Waals surface area contributed by atoms with E-state index in [-0.39, 0.29) is 30.5 Å². The minimum absolute atomic E-state index is 0. The predicted octanol–water partition coefficient (Wildman–Crippen LogP) is 5.71. The first-order chi connectivity index (χ1) is 15.1. The molecule has 0 spiro atoms. The van der Waals surface area contributed by atoms with E-state index in [1.54, 1.807) is 11.0 Å². The summed E-state index contributed by atoms with van der Waals surface area (Å²) in [5, 5.41) is 4.08. The molecule has 5 nitrogen and oxygen atoms in total. The smallest absolute Gasteiger partial charge is 0.409 e. The van der Waals surface area contributed by atoms with Crippen LogP contribution in [0.15, 0.2) is 60.7 Å². The van der Waals surface area contributed by atoms with Crippen LogP contribution in [-0.4, -0.2) is 42.2 Å². The summed E-state index contributed by atoms with van der Waals surface area (Å²) in [4.78, 5) is 18.7. The molecule has 2 aliphatic rings. The second-order valence-corrected chi connectivity index (χ2v) is 8.52. The van der Waals surface area contributed by atoms with Gasteiger partial charge in [0.1, 0.15) is 16.9 Å². The molecule has 1 aliphatic heterocycles. The second-order valence-electron chi connectivity index (χ2n) is 7.77. The van der Waals surface area contributed by atoms with Crippen LogP contribution in [0.1, 0.15) is 28.7 Å². The largest absolute Gasteiger partial charge is 0.448 e. The van der Waals surface area contributed by atoms with Crippen LogP contribution in [0, 0.1) is 0 Å². The Morgan fingerprint density at radius 3 is 2.31 bits per heavy atom. The van der Waals surface area contributed by atoms with Crippen molar-refractivity contribution in [2.24, 2.45) is 0 Å². The Balaban J connectivity index is 0.00000245. The molecule has 1 amide bonds. The molecular formula is C24H22Cl3N3O2. The predicted molar refractivity (Wildman–Crippen MR) is 129 cm³/mol. The zero-order valence-electron chi connectivity index (χ0n) is 17.1. The Labute approximate surface area is 203 Å². The Kier molecular flexibility index (Phi) is 6.91. The molecule has 1 aliphatic carbocycles. The van der Waals surface area contributed by atoms with Crippen LogP contribution in [0.25, 0.3) is 11.1 Å². The minimum Gasteiger partial charge on any atom is -0.448 e. The van der Waals surface area contributed by atoms with Gasteiger partial charge in [-0.3, -0.25) is 0 Å². The number of nitrogens with zero attached hydrogens (tertiary/aromatic N) is 2. The molecule has 2 heterocycles. The lowest BCUT2D eigenvalue weighted by molar-refractivity contribution is 0.0883. The SMILES string of the molecule is Cl.O=C(OCC1c2ccccc2-c2ccccc21)N1CCNC(c2ccc(Cl)nc2Cl)C1. The van der Waals surface area contributed by atoms with Crippen molar-refractivity contribution < 1.29 is 9.53 Å². The molecule has 32 heavy (non-hydrogen) atoms. The first kappa shape index (κ1) is 22.9. The fourth-order valence-corrected chi connectivity index (χ4v) is 4.97. The van der Waals surface area contributed by atoms with E-state index in [4.69, 9.17) is 27.9 Å². The van der Waals surface area contributed by atoms with Crippen molar-refractivity contribution in [1.29, 1.82) is 0 Å². The van der Waals surface area contributed by atoms with E-state index in [1.165, 1.54) is 22.3 Å². The standard InChI is InChI=1S/C24H21Cl2N3O2.ClH/c25-22-10-9-19(23(26)28-22)21-13-29(12-11-27-21)24(30)31-14-20-17-7-3-1-5-15(17)16-6-2-4-8-18(16)20;/h1-10,20-21,27H,11-14H2;1H. The number of pyridine rings is 1. The highest BCUT2D eigenvalue weighted by atomic mass is 35.5. The summed E-state index contributed by atoms with van der Waals surface area (Å²) in [6.45, 7) is 1.99. The summed E-state index contributed by atoms with van der Waals surface area (Å²) in [5.74, 6) is 0.0463. The number of amides is 1. The van der Waals surface area contributed by atoms with Crippen molar-refractivity contribution in [3.8, 4) is 11.1 Å². The molecule has 166 valence electrons. The van der Waals surface area contributed by atoms with Crippen molar-refractivity contribution in [2.75, 3.05) is 26.2 Å². The van der Waals surface area contributed by atoms with Gasteiger partial charge in [0.15, 0.2) is 0 Å². The van der Waals surface area contributed by atoms with E-state index in [9.17, 15) is 4.79 Å². The number of carbonyl (C=O) groups is 1. The summed E-state index contributed by atoms with van der Waals surface area (Å²) in [5.41, 5.74) is 5.65. The minimum atomic E-state index is -0.314. The fourth-order valence-electron chi connectivity index (χ4n) is 4.49. The van der Waals surface area contributed by atoms with E-state index in [2.05, 4.69) is 34.6 Å². The quantitative estimate of drug-likeness (QED) is 0.478. The number of piperazine rings is 1. The number of ether oxygens (including phenoxy) is 1. The lowest BCUT2D eigenvalue weighted by Crippen LogP contribution is -2.48. The lowest BCUT2D eigenvalue weighted by Gasteiger charge is -2.33. The maximum absolute atomic E-state index is 12.9. The molecule has 1 saturated heterocycles. The summed E-state index contributed by atoms with van der Waals surface area (Å²) in [7, 11) is 0. The van der Waals surface area contributed by atoms with Crippen molar-refractivity contribution in [1.82, 2.24) is 15.2 Å². The molecule has 1 unspecified atom stereocenters. The van der Waals surface area contributed by atoms with Gasteiger partial charge in [-0.25, -0.2) is 9.78 Å². The first-order valence-corrected chi connectivity index (χ1v) is 11.0. The molecule has 0 radical (unpaired) electrons. The molecule has 1 fully saturated rings. The van der Waals surface area contributed by atoms with Gasteiger partial charge in [-0.2, -0.15) is 0 Å². The lowest BCUT2D eigenvalue weighted by atomic mass is 9.98. The highest BCUT2D eigenvalue weighted by molar-refractivity contribution is 6.32. The zero-order chi connectivity index (χ0) is 21.4. The number of carbonyl (C=O) groups excluding carboxylic acids is 1. The molecule has 2 aromatic carbocycles. The fraction of sp³-hybridized carbons (Fsp3) is 0.250. The van der Waals surface area contributed by atoms with Crippen LogP contribution in [0.5, 0.6) is 0 Å². The summed E-state index contributed by atoms with van der Waals surface area (Å²) in [6.07, 6.45) is -0.314. The maximum atomic E-state index is 12.9. The highest BCUT2D eigenvalue weighted by Gasteiger charge is 2.31. The van der Waals surface area contributed by atoms with E-state index in [0.717, 1.165) is 5.56 Å². The Morgan fingerprint density at radius 1 is 1.00 bits per heavy atom. The van der Waals surface area contributed by atoms with Crippen LogP contribution in [0.2, 0.25) is 10.3 Å². The molecule has 3 aromatic rings. The zero-order valence-corrected chi connectivity index (χ0v) is 19.5. The number of rotatable bonds is 3. The number of halogens is 3. The number of fused-ring (bicyclic) bond motifs is 3. The normalized spacial score (nSPS) is 17.3. The summed E-state index contributed by atoms with van der Waals surface area (Å²) >= 11 is 12.2. The number of nitrogens with one attached hydrogen (secondary N) is 1. The molecule has 8 heteroatoms. The molecule has 0 bridgehead atoms. The van der Waals surface area contributed by atoms with Gasteiger partial charge in [0.25, 0.3) is 0 Å². The number of aromatic nitrogens is 1. The van der Waals surface area contributed by atoms with E-state index in [0.29, 0.717) is 36.5 Å². The third-order valence-electron chi connectivity index (χ3n) is 5.99. The summed E-state index contributed by atoms with van der Waals surface area (Å²) < 4.78 is 5.80. The van der Waals surface area contributed by atoms with Crippen LogP contribution in [-0.2, 0) is 4.74 Å². The van der Waals surface area contributed by atoms with Gasteiger partial charge in [0.05, 0.1) is 6.04 Å². The molecular weight excluding hydrogens is 469 g/mol. The van der Waals surface area contributed by atoms with Crippen LogP contribution >= 0.6 is 35.6 Å². The van der Waals surface area contributed by atoms with Crippen LogP contribution in [0.3, 0.4) is 0 Å². The van der Waals surface area contributed by atoms with Gasteiger partial charge in [0.2, 0.25) is 0 Å². The molecule has 0 saturated carbocycles. The second kappa shape index (κ2) is 9.67. The topological polar surface area (TPSA) is 54.5 Å². The third kappa shape index (κ3) is 4.30. The van der Waals surface area contributed by atoms with Crippen molar-refractivity contribution >= 4 is 41.7 Å². The molecule has 1 atom stereocenters. The summed E-state index contributed by atoms with van der Waals surface area (Å²) in [6, 6.07) is 20.1. The van der Waals surface area contributed by atoms with Crippen molar-refractivity contribution in [2.45, 2.75) is 12.0 Å². The van der Waals surface area contributed by atoms with Gasteiger partial charge >= 0.3 is 6.09 Å². The van der Waals surface area contributed by atoms with Gasteiger partial charge in [0, 0.05) is 31.1 Å².